The van der Waals surface area contributed by atoms with E-state index in [0.717, 1.165) is 0 Å². The van der Waals surface area contributed by atoms with Crippen LogP contribution in [-0.4, -0.2) is 18.8 Å². The molecule has 2 aromatic rings. The van der Waals surface area contributed by atoms with Gasteiger partial charge >= 0.3 is 0 Å². The highest BCUT2D eigenvalue weighted by molar-refractivity contribution is 5.97. The Morgan fingerprint density at radius 1 is 1.12 bits per heavy atom. The van der Waals surface area contributed by atoms with Gasteiger partial charge in [-0.15, -0.1) is 0 Å². The average molecular weight is 329 g/mol. The number of ether oxygens (including phenoxy) is 1. The van der Waals surface area contributed by atoms with E-state index in [2.05, 4.69) is 5.32 Å². The molecule has 0 saturated carbocycles. The highest BCUT2D eigenvalue weighted by Crippen LogP contribution is 2.21. The standard InChI is InChI=1S/C19H20FNO3/c1-13(15-8-10-18(24-2)16(20)12-15)21-19(23)11-9-17(22)14-6-4-3-5-7-14/h3-8,10,12-13H,9,11H2,1-2H3,(H,21,23)/t13-/m0/s1. The molecule has 24 heavy (non-hydrogen) atoms. The van der Waals surface area contributed by atoms with E-state index in [1.807, 2.05) is 6.07 Å². The minimum atomic E-state index is -0.477. The van der Waals surface area contributed by atoms with E-state index in [0.29, 0.717) is 11.1 Å². The van der Waals surface area contributed by atoms with Crippen molar-refractivity contribution in [3.8, 4) is 5.75 Å². The van der Waals surface area contributed by atoms with Crippen LogP contribution in [0.5, 0.6) is 5.75 Å². The van der Waals surface area contributed by atoms with Gasteiger partial charge in [0.25, 0.3) is 0 Å². The zero-order valence-corrected chi connectivity index (χ0v) is 13.7. The van der Waals surface area contributed by atoms with E-state index in [1.54, 1.807) is 37.3 Å². The fourth-order valence-electron chi connectivity index (χ4n) is 2.34. The molecule has 0 aliphatic rings. The lowest BCUT2D eigenvalue weighted by Crippen LogP contribution is -2.27. The smallest absolute Gasteiger partial charge is 0.220 e. The van der Waals surface area contributed by atoms with E-state index >= 15 is 0 Å². The lowest BCUT2D eigenvalue weighted by molar-refractivity contribution is -0.121. The predicted octanol–water partition coefficient (Wildman–Crippen LogP) is 3.67. The molecule has 0 spiro atoms. The molecule has 1 amide bonds. The lowest BCUT2D eigenvalue weighted by Gasteiger charge is -2.15. The summed E-state index contributed by atoms with van der Waals surface area (Å²) in [7, 11) is 1.40. The molecule has 2 aromatic carbocycles. The fraction of sp³-hybridized carbons (Fsp3) is 0.263. The van der Waals surface area contributed by atoms with Crippen LogP contribution in [0.4, 0.5) is 4.39 Å². The van der Waals surface area contributed by atoms with Crippen LogP contribution in [0.15, 0.2) is 48.5 Å². The molecule has 0 radical (unpaired) electrons. The first-order valence-electron chi connectivity index (χ1n) is 7.72. The Morgan fingerprint density at radius 2 is 1.83 bits per heavy atom. The van der Waals surface area contributed by atoms with Crippen molar-refractivity contribution >= 4 is 11.7 Å². The van der Waals surface area contributed by atoms with Crippen molar-refractivity contribution in [3.05, 3.63) is 65.5 Å². The van der Waals surface area contributed by atoms with Crippen LogP contribution in [0.25, 0.3) is 0 Å². The number of Topliss-reactive ketones (excluding diaryl/α,β-unsaturated/α-hetero) is 1. The monoisotopic (exact) mass is 329 g/mol. The van der Waals surface area contributed by atoms with E-state index in [-0.39, 0.29) is 36.3 Å². The topological polar surface area (TPSA) is 55.4 Å². The van der Waals surface area contributed by atoms with Crippen LogP contribution >= 0.6 is 0 Å². The minimum Gasteiger partial charge on any atom is -0.494 e. The van der Waals surface area contributed by atoms with E-state index in [4.69, 9.17) is 4.74 Å². The molecule has 126 valence electrons. The quantitative estimate of drug-likeness (QED) is 0.789. The molecule has 0 aliphatic heterocycles. The summed E-state index contributed by atoms with van der Waals surface area (Å²) in [6.45, 7) is 1.76. The zero-order valence-electron chi connectivity index (χ0n) is 13.7. The van der Waals surface area contributed by atoms with Crippen LogP contribution < -0.4 is 10.1 Å². The molecule has 2 rings (SSSR count). The van der Waals surface area contributed by atoms with Crippen molar-refractivity contribution < 1.29 is 18.7 Å². The number of hydrogen-bond acceptors (Lipinski definition) is 3. The van der Waals surface area contributed by atoms with Gasteiger partial charge in [0.05, 0.1) is 13.2 Å². The second-order valence-electron chi connectivity index (χ2n) is 5.47. The van der Waals surface area contributed by atoms with Crippen molar-refractivity contribution in [2.75, 3.05) is 7.11 Å². The molecular formula is C19H20FNO3. The second kappa shape index (κ2) is 8.24. The van der Waals surface area contributed by atoms with Gasteiger partial charge in [-0.3, -0.25) is 9.59 Å². The van der Waals surface area contributed by atoms with Crippen molar-refractivity contribution in [1.29, 1.82) is 0 Å². The third kappa shape index (κ3) is 4.65. The molecule has 0 unspecified atom stereocenters. The zero-order chi connectivity index (χ0) is 17.5. The molecule has 0 saturated heterocycles. The first kappa shape index (κ1) is 17.7. The summed E-state index contributed by atoms with van der Waals surface area (Å²) in [6, 6.07) is 13.0. The summed E-state index contributed by atoms with van der Waals surface area (Å²) in [5.74, 6) is -0.641. The van der Waals surface area contributed by atoms with Gasteiger partial charge in [0.2, 0.25) is 5.91 Å². The molecule has 0 aromatic heterocycles. The number of methoxy groups -OCH3 is 1. The number of benzene rings is 2. The number of nitrogens with one attached hydrogen (secondary N) is 1. The van der Waals surface area contributed by atoms with Gasteiger partial charge in [-0.2, -0.15) is 0 Å². The number of carbonyl (C=O) groups is 2. The highest BCUT2D eigenvalue weighted by atomic mass is 19.1. The summed E-state index contributed by atoms with van der Waals surface area (Å²) < 4.78 is 18.6. The predicted molar refractivity (Wildman–Crippen MR) is 89.5 cm³/mol. The van der Waals surface area contributed by atoms with E-state index < -0.39 is 5.82 Å². The van der Waals surface area contributed by atoms with Crippen molar-refractivity contribution in [1.82, 2.24) is 5.32 Å². The number of carbonyl (C=O) groups excluding carboxylic acids is 2. The molecule has 1 N–H and O–H groups in total. The molecular weight excluding hydrogens is 309 g/mol. The maximum absolute atomic E-state index is 13.7. The first-order valence-corrected chi connectivity index (χ1v) is 7.72. The number of rotatable bonds is 7. The summed E-state index contributed by atoms with van der Waals surface area (Å²) in [5, 5.41) is 2.77. The van der Waals surface area contributed by atoms with Gasteiger partial charge < -0.3 is 10.1 Å². The van der Waals surface area contributed by atoms with Gasteiger partial charge in [0, 0.05) is 18.4 Å². The third-order valence-corrected chi connectivity index (χ3v) is 3.73. The molecule has 1 atom stereocenters. The maximum Gasteiger partial charge on any atom is 0.220 e. The van der Waals surface area contributed by atoms with Crippen LogP contribution in [-0.2, 0) is 4.79 Å². The minimum absolute atomic E-state index is 0.0751. The molecule has 4 nitrogen and oxygen atoms in total. The summed E-state index contributed by atoms with van der Waals surface area (Å²) in [6.07, 6.45) is 0.232. The van der Waals surface area contributed by atoms with Crippen LogP contribution in [0.3, 0.4) is 0 Å². The highest BCUT2D eigenvalue weighted by Gasteiger charge is 2.14. The van der Waals surface area contributed by atoms with Gasteiger partial charge in [-0.05, 0) is 24.6 Å². The molecule has 0 heterocycles. The lowest BCUT2D eigenvalue weighted by atomic mass is 10.1. The van der Waals surface area contributed by atoms with Crippen molar-refractivity contribution in [2.45, 2.75) is 25.8 Å². The van der Waals surface area contributed by atoms with Crippen LogP contribution in [0.1, 0.15) is 41.7 Å². The second-order valence-corrected chi connectivity index (χ2v) is 5.47. The molecule has 0 aliphatic carbocycles. The van der Waals surface area contributed by atoms with Crippen molar-refractivity contribution in [2.24, 2.45) is 0 Å². The SMILES string of the molecule is COc1ccc([C@H](C)NC(=O)CCC(=O)c2ccccc2)cc1F. The molecule has 5 heteroatoms. The Kier molecular flexibility index (Phi) is 6.07. The largest absolute Gasteiger partial charge is 0.494 e. The van der Waals surface area contributed by atoms with Gasteiger partial charge in [-0.1, -0.05) is 36.4 Å². The van der Waals surface area contributed by atoms with Crippen molar-refractivity contribution in [3.63, 3.8) is 0 Å². The Balaban J connectivity index is 1.87. The maximum atomic E-state index is 13.7. The number of halogens is 1. The van der Waals surface area contributed by atoms with Gasteiger partial charge in [0.1, 0.15) is 0 Å². The summed E-state index contributed by atoms with van der Waals surface area (Å²) in [5.41, 5.74) is 1.23. The van der Waals surface area contributed by atoms with E-state index in [1.165, 1.54) is 19.2 Å². The Labute approximate surface area is 140 Å². The Bertz CT molecular complexity index is 716. The van der Waals surface area contributed by atoms with E-state index in [9.17, 15) is 14.0 Å². The fourth-order valence-corrected chi connectivity index (χ4v) is 2.34. The van der Waals surface area contributed by atoms with Crippen LogP contribution in [0, 0.1) is 5.82 Å². The molecule has 0 bridgehead atoms. The van der Waals surface area contributed by atoms with Crippen LogP contribution in [0.2, 0.25) is 0 Å². The number of hydrogen-bond donors (Lipinski definition) is 1. The average Bonchev–Trinajstić information content (AvgIpc) is 2.60. The Hall–Kier alpha value is -2.69. The third-order valence-electron chi connectivity index (χ3n) is 3.73. The van der Waals surface area contributed by atoms with Gasteiger partial charge in [-0.25, -0.2) is 4.39 Å². The Morgan fingerprint density at radius 3 is 2.46 bits per heavy atom. The summed E-state index contributed by atoms with van der Waals surface area (Å²) >= 11 is 0. The first-order chi connectivity index (χ1) is 11.5. The normalized spacial score (nSPS) is 11.6. The summed E-state index contributed by atoms with van der Waals surface area (Å²) in [4.78, 5) is 24.0. The number of ketones is 1. The molecule has 0 fully saturated rings. The number of amides is 1. The van der Waals surface area contributed by atoms with Gasteiger partial charge in [0.15, 0.2) is 17.3 Å².